The maximum atomic E-state index is 6.63. The third-order valence-electron chi connectivity index (χ3n) is 9.49. The number of benzene rings is 7. The normalized spacial score (nSPS) is 12.7. The second-order valence-electron chi connectivity index (χ2n) is 12.4. The average Bonchev–Trinajstić information content (AvgIpc) is 3.84. The first-order valence-corrected chi connectivity index (χ1v) is 18.2. The zero-order valence-electron chi connectivity index (χ0n) is 26.7. The van der Waals surface area contributed by atoms with E-state index in [4.69, 9.17) is 15.8 Å². The quantitative estimate of drug-likeness (QED) is 0.146. The van der Waals surface area contributed by atoms with E-state index in [1.807, 2.05) is 83.3 Å². The molecule has 0 aliphatic rings. The van der Waals surface area contributed by atoms with Crippen LogP contribution in [-0.2, 0) is 0 Å². The van der Waals surface area contributed by atoms with Crippen molar-refractivity contribution in [1.82, 2.24) is 4.68 Å². The molecule has 4 nitrogen and oxygen atoms in total. The summed E-state index contributed by atoms with van der Waals surface area (Å²) in [7, 11) is 0. The van der Waals surface area contributed by atoms with Gasteiger partial charge in [-0.3, -0.25) is 0 Å². The smallest absolute Gasteiger partial charge is 0.182 e. The van der Waals surface area contributed by atoms with E-state index < -0.39 is 0 Å². The van der Waals surface area contributed by atoms with Gasteiger partial charge in [0.1, 0.15) is 5.84 Å². The van der Waals surface area contributed by atoms with E-state index >= 15 is 0 Å². The molecule has 0 atom stereocenters. The Bertz CT molecular complexity index is 2980. The minimum absolute atomic E-state index is 0.416. The summed E-state index contributed by atoms with van der Waals surface area (Å²) in [5, 5.41) is 12.8. The van der Waals surface area contributed by atoms with Gasteiger partial charge < -0.3 is 5.73 Å². The van der Waals surface area contributed by atoms with Crippen molar-refractivity contribution in [3.63, 3.8) is 0 Å². The van der Waals surface area contributed by atoms with Crippen LogP contribution in [0.5, 0.6) is 0 Å². The van der Waals surface area contributed by atoms with Crippen LogP contribution in [0, 0.1) is 0 Å². The van der Waals surface area contributed by atoms with E-state index in [-0.39, 0.29) is 0 Å². The van der Waals surface area contributed by atoms with Gasteiger partial charge in [-0.15, -0.1) is 27.8 Å². The van der Waals surface area contributed by atoms with Crippen LogP contribution in [0.2, 0.25) is 0 Å². The molecule has 0 radical (unpaired) electrons. The molecular weight excluding hydrogens is 649 g/mol. The number of aromatic nitrogens is 1. The van der Waals surface area contributed by atoms with Crippen LogP contribution < -0.4 is 5.73 Å². The fraction of sp³-hybridized carbons (Fsp3) is 0. The highest BCUT2D eigenvalue weighted by Crippen LogP contribution is 2.45. The summed E-state index contributed by atoms with van der Waals surface area (Å²) in [5.41, 5.74) is 12.8. The first-order chi connectivity index (χ1) is 24.7. The van der Waals surface area contributed by atoms with Crippen molar-refractivity contribution >= 4 is 96.5 Å². The molecule has 0 saturated heterocycles. The van der Waals surface area contributed by atoms with E-state index in [2.05, 4.69) is 102 Å². The second-order valence-corrected chi connectivity index (χ2v) is 14.5. The van der Waals surface area contributed by atoms with Crippen LogP contribution in [-0.4, -0.2) is 16.3 Å². The van der Waals surface area contributed by atoms with Crippen LogP contribution in [0.4, 0.5) is 0 Å². The largest absolute Gasteiger partial charge is 0.383 e. The predicted molar refractivity (Wildman–Crippen MR) is 216 cm³/mol. The van der Waals surface area contributed by atoms with E-state index in [0.717, 1.165) is 27.5 Å². The van der Waals surface area contributed by atoms with Crippen molar-refractivity contribution in [3.8, 4) is 11.1 Å². The Morgan fingerprint density at radius 2 is 1.10 bits per heavy atom. The molecule has 0 unspecified atom stereocenters. The molecule has 50 heavy (non-hydrogen) atoms. The molecule has 0 aliphatic carbocycles. The number of thiophene rings is 2. The highest BCUT2D eigenvalue weighted by Gasteiger charge is 2.19. The minimum Gasteiger partial charge on any atom is -0.383 e. The van der Waals surface area contributed by atoms with Gasteiger partial charge in [0.05, 0.1) is 11.0 Å². The number of fused-ring (bicyclic) bond motifs is 10. The molecule has 10 aromatic rings. The van der Waals surface area contributed by atoms with E-state index in [9.17, 15) is 0 Å². The van der Waals surface area contributed by atoms with Gasteiger partial charge in [-0.25, -0.2) is 9.67 Å². The predicted octanol–water partition coefficient (Wildman–Crippen LogP) is 11.8. The molecule has 0 bridgehead atoms. The van der Waals surface area contributed by atoms with Crippen molar-refractivity contribution in [2.45, 2.75) is 0 Å². The minimum atomic E-state index is 0.416. The van der Waals surface area contributed by atoms with Gasteiger partial charge in [-0.2, -0.15) is 0 Å². The van der Waals surface area contributed by atoms with Gasteiger partial charge >= 0.3 is 0 Å². The molecule has 0 fully saturated rings. The van der Waals surface area contributed by atoms with Crippen molar-refractivity contribution in [2.75, 3.05) is 0 Å². The number of amidine groups is 2. The number of rotatable bonds is 4. The summed E-state index contributed by atoms with van der Waals surface area (Å²) in [6, 6.07) is 55.2. The number of hydrogen-bond donors (Lipinski definition) is 1. The molecule has 0 aliphatic heterocycles. The van der Waals surface area contributed by atoms with E-state index in [1.54, 1.807) is 0 Å². The van der Waals surface area contributed by atoms with Gasteiger partial charge in [-0.1, -0.05) is 127 Å². The van der Waals surface area contributed by atoms with Crippen LogP contribution in [0.3, 0.4) is 0 Å². The van der Waals surface area contributed by atoms with Crippen LogP contribution in [0.15, 0.2) is 168 Å². The van der Waals surface area contributed by atoms with Crippen LogP contribution in [0.1, 0.15) is 11.1 Å². The highest BCUT2D eigenvalue weighted by atomic mass is 32.1. The Labute approximate surface area is 295 Å². The van der Waals surface area contributed by atoms with Gasteiger partial charge in [0.25, 0.3) is 0 Å². The average molecular weight is 677 g/mol. The number of nitrogens with zero attached hydrogens (tertiary/aromatic N) is 3. The molecular formula is C44H28N4S2. The summed E-state index contributed by atoms with van der Waals surface area (Å²) < 4.78 is 7.20. The summed E-state index contributed by atoms with van der Waals surface area (Å²) in [6.07, 6.45) is 0. The van der Waals surface area contributed by atoms with Gasteiger partial charge in [0.15, 0.2) is 5.84 Å². The van der Waals surface area contributed by atoms with Gasteiger partial charge in [0, 0.05) is 62.2 Å². The standard InChI is InChI=1S/C44H28N4S2/c45-43(27-12-3-1-4-13-27)46-44(28-14-5-2-6-15-28)47-48-36-24-22-29(30-18-11-19-33-31-16-7-9-20-38(31)49-41(30)33)26-35(36)40-37(48)25-23-34-32-17-8-10-21-39(32)50-42(34)40/h1-26H,(H2,45,46,47). The topological polar surface area (TPSA) is 55.7 Å². The SMILES string of the molecule is NC(=N/C(=N\n1c2ccc(-c3cccc4c3sc3ccccc34)cc2c2c3sc4ccccc4c3ccc21)c1ccccc1)c1ccccc1. The third kappa shape index (κ3) is 4.57. The molecule has 6 heteroatoms. The first-order valence-electron chi connectivity index (χ1n) is 16.5. The van der Waals surface area contributed by atoms with Crippen LogP contribution >= 0.6 is 22.7 Å². The summed E-state index contributed by atoms with van der Waals surface area (Å²) >= 11 is 3.70. The maximum Gasteiger partial charge on any atom is 0.182 e. The van der Waals surface area contributed by atoms with Crippen molar-refractivity contribution in [3.05, 3.63) is 169 Å². The molecule has 0 amide bonds. The Hall–Kier alpha value is -6.08. The lowest BCUT2D eigenvalue weighted by Gasteiger charge is -2.08. The number of hydrogen-bond acceptors (Lipinski definition) is 3. The molecule has 7 aromatic carbocycles. The Balaban J connectivity index is 1.28. The molecule has 3 aromatic heterocycles. The van der Waals surface area contributed by atoms with Gasteiger partial charge in [-0.05, 0) is 41.5 Å². The number of aliphatic imine (C=N–C) groups is 1. The zero-order valence-corrected chi connectivity index (χ0v) is 28.4. The lowest BCUT2D eigenvalue weighted by atomic mass is 10.00. The number of nitrogens with two attached hydrogens (primary N) is 1. The Morgan fingerprint density at radius 3 is 1.84 bits per heavy atom. The lowest BCUT2D eigenvalue weighted by molar-refractivity contribution is 0.962. The first kappa shape index (κ1) is 28.9. The maximum absolute atomic E-state index is 6.63. The van der Waals surface area contributed by atoms with E-state index in [0.29, 0.717) is 11.7 Å². The zero-order chi connectivity index (χ0) is 33.2. The molecule has 0 spiro atoms. The van der Waals surface area contributed by atoms with Gasteiger partial charge in [0.2, 0.25) is 0 Å². The molecule has 0 saturated carbocycles. The molecule has 3 heterocycles. The summed E-state index contributed by atoms with van der Waals surface area (Å²) in [6.45, 7) is 0. The van der Waals surface area contributed by atoms with Crippen molar-refractivity contribution < 1.29 is 0 Å². The Morgan fingerprint density at radius 1 is 0.500 bits per heavy atom. The summed E-state index contributed by atoms with van der Waals surface area (Å²) in [4.78, 5) is 4.95. The molecule has 2 N–H and O–H groups in total. The van der Waals surface area contributed by atoms with Crippen LogP contribution in [0.25, 0.3) is 73.3 Å². The molecule has 10 rings (SSSR count). The third-order valence-corrected chi connectivity index (χ3v) is 11.9. The lowest BCUT2D eigenvalue weighted by Crippen LogP contribution is -2.16. The molecule has 236 valence electrons. The monoisotopic (exact) mass is 676 g/mol. The second kappa shape index (κ2) is 11.5. The van der Waals surface area contributed by atoms with Crippen molar-refractivity contribution in [1.29, 1.82) is 0 Å². The highest BCUT2D eigenvalue weighted by molar-refractivity contribution is 7.27. The fourth-order valence-electron chi connectivity index (χ4n) is 7.13. The van der Waals surface area contributed by atoms with E-state index in [1.165, 1.54) is 56.9 Å². The Kier molecular flexibility index (Phi) is 6.66. The fourth-order valence-corrected chi connectivity index (χ4v) is 9.63. The summed E-state index contributed by atoms with van der Waals surface area (Å²) in [5.74, 6) is 0.959. The van der Waals surface area contributed by atoms with Crippen molar-refractivity contribution in [2.24, 2.45) is 15.8 Å².